The molecule has 19 heavy (non-hydrogen) atoms. The molecule has 1 aliphatic rings. The first-order valence-corrected chi connectivity index (χ1v) is 7.97. The van der Waals surface area contributed by atoms with Crippen molar-refractivity contribution in [2.45, 2.75) is 43.2 Å². The van der Waals surface area contributed by atoms with Crippen LogP contribution in [0, 0.1) is 11.3 Å². The van der Waals surface area contributed by atoms with Crippen LogP contribution in [0.1, 0.15) is 26.2 Å². The normalized spacial score (nSPS) is 24.9. The Morgan fingerprint density at radius 1 is 1.32 bits per heavy atom. The molecule has 6 heteroatoms. The second kappa shape index (κ2) is 5.49. The molecule has 102 valence electrons. The largest absolute Gasteiger partial charge is 0.244 e. The summed E-state index contributed by atoms with van der Waals surface area (Å²) in [4.78, 5) is 0.186. The maximum Gasteiger partial charge on any atom is 0.244 e. The summed E-state index contributed by atoms with van der Waals surface area (Å²) in [7, 11) is -3.64. The summed E-state index contributed by atoms with van der Waals surface area (Å²) in [6.45, 7) is 1.84. The van der Waals surface area contributed by atoms with E-state index in [4.69, 9.17) is 16.9 Å². The molecule has 0 saturated carbocycles. The van der Waals surface area contributed by atoms with Gasteiger partial charge in [0.2, 0.25) is 10.0 Å². The molecule has 2 atom stereocenters. The van der Waals surface area contributed by atoms with Crippen LogP contribution in [0.5, 0.6) is 0 Å². The lowest BCUT2D eigenvalue weighted by Gasteiger charge is -2.35. The minimum absolute atomic E-state index is 0.154. The Balaban J connectivity index is 2.42. The number of rotatable bonds is 2. The highest BCUT2D eigenvalue weighted by atomic mass is 35.5. The molecule has 0 aromatic heterocycles. The quantitative estimate of drug-likeness (QED) is 0.843. The number of benzene rings is 1. The van der Waals surface area contributed by atoms with Gasteiger partial charge in [-0.15, -0.1) is 0 Å². The van der Waals surface area contributed by atoms with Crippen LogP contribution < -0.4 is 0 Å². The molecule has 0 bridgehead atoms. The molecule has 0 aliphatic carbocycles. The molecule has 1 aromatic rings. The molecule has 0 spiro atoms. The lowest BCUT2D eigenvalue weighted by molar-refractivity contribution is 0.227. The molecule has 2 rings (SSSR count). The fraction of sp³-hybridized carbons (Fsp3) is 0.462. The van der Waals surface area contributed by atoms with Crippen LogP contribution in [0.25, 0.3) is 0 Å². The third-order valence-electron chi connectivity index (χ3n) is 3.38. The zero-order valence-electron chi connectivity index (χ0n) is 10.6. The van der Waals surface area contributed by atoms with Gasteiger partial charge in [0.05, 0.1) is 11.0 Å². The summed E-state index contributed by atoms with van der Waals surface area (Å²) >= 11 is 5.77. The van der Waals surface area contributed by atoms with E-state index in [0.29, 0.717) is 11.4 Å². The standard InChI is InChI=1S/C13H15ClN2O2S/c1-10-3-2-4-12(9-15)16(10)19(17,18)13-7-5-11(14)6-8-13/h5-8,10,12H,2-4H2,1H3. The van der Waals surface area contributed by atoms with Crippen molar-refractivity contribution in [2.24, 2.45) is 0 Å². The van der Waals surface area contributed by atoms with Crippen molar-refractivity contribution in [1.82, 2.24) is 4.31 Å². The number of hydrogen-bond donors (Lipinski definition) is 0. The average molecular weight is 299 g/mol. The molecular formula is C13H15ClN2O2S. The number of hydrogen-bond acceptors (Lipinski definition) is 3. The monoisotopic (exact) mass is 298 g/mol. The van der Waals surface area contributed by atoms with Crippen LogP contribution >= 0.6 is 11.6 Å². The summed E-state index contributed by atoms with van der Waals surface area (Å²) in [6.07, 6.45) is 2.25. The minimum Gasteiger partial charge on any atom is -0.207 e. The third kappa shape index (κ3) is 2.76. The highest BCUT2D eigenvalue weighted by Crippen LogP contribution is 2.29. The molecule has 0 N–H and O–H groups in total. The van der Waals surface area contributed by atoms with Crippen molar-refractivity contribution in [2.75, 3.05) is 0 Å². The van der Waals surface area contributed by atoms with Gasteiger partial charge < -0.3 is 0 Å². The maximum absolute atomic E-state index is 12.6. The Morgan fingerprint density at radius 3 is 2.53 bits per heavy atom. The number of piperidine rings is 1. The zero-order chi connectivity index (χ0) is 14.0. The molecule has 0 amide bonds. The molecule has 0 radical (unpaired) electrons. The van der Waals surface area contributed by atoms with Gasteiger partial charge in [0, 0.05) is 11.1 Å². The highest BCUT2D eigenvalue weighted by Gasteiger charge is 2.37. The molecule has 1 aromatic carbocycles. The fourth-order valence-corrected chi connectivity index (χ4v) is 4.34. The lowest BCUT2D eigenvalue weighted by atomic mass is 10.0. The average Bonchev–Trinajstić information content (AvgIpc) is 2.38. The number of halogens is 1. The van der Waals surface area contributed by atoms with Crippen LogP contribution in [-0.2, 0) is 10.0 Å². The second-order valence-electron chi connectivity index (χ2n) is 4.71. The molecule has 4 nitrogen and oxygen atoms in total. The van der Waals surface area contributed by atoms with Gasteiger partial charge in [-0.3, -0.25) is 0 Å². The highest BCUT2D eigenvalue weighted by molar-refractivity contribution is 7.89. The van der Waals surface area contributed by atoms with Gasteiger partial charge in [0.15, 0.2) is 0 Å². The van der Waals surface area contributed by atoms with Crippen molar-refractivity contribution in [1.29, 1.82) is 5.26 Å². The van der Waals surface area contributed by atoms with E-state index in [2.05, 4.69) is 6.07 Å². The second-order valence-corrected chi connectivity index (χ2v) is 6.99. The van der Waals surface area contributed by atoms with Gasteiger partial charge in [-0.1, -0.05) is 11.6 Å². The summed E-state index contributed by atoms with van der Waals surface area (Å²) in [6, 6.07) is 7.41. The van der Waals surface area contributed by atoms with E-state index in [1.165, 1.54) is 16.4 Å². The molecule has 1 fully saturated rings. The van der Waals surface area contributed by atoms with Crippen molar-refractivity contribution < 1.29 is 8.42 Å². The van der Waals surface area contributed by atoms with Gasteiger partial charge in [-0.05, 0) is 50.5 Å². The summed E-state index contributed by atoms with van der Waals surface area (Å²) in [5, 5.41) is 9.64. The SMILES string of the molecule is CC1CCCC(C#N)N1S(=O)(=O)c1ccc(Cl)cc1. The minimum atomic E-state index is -3.64. The van der Waals surface area contributed by atoms with E-state index in [-0.39, 0.29) is 10.9 Å². The van der Waals surface area contributed by atoms with E-state index < -0.39 is 16.1 Å². The van der Waals surface area contributed by atoms with E-state index in [9.17, 15) is 8.42 Å². The number of nitrogens with zero attached hydrogens (tertiary/aromatic N) is 2. The predicted molar refractivity (Wildman–Crippen MR) is 73.2 cm³/mol. The predicted octanol–water partition coefficient (Wildman–Crippen LogP) is 2.80. The Labute approximate surface area is 118 Å². The first-order chi connectivity index (χ1) is 8.96. The van der Waals surface area contributed by atoms with Crippen molar-refractivity contribution in [3.63, 3.8) is 0 Å². The molecular weight excluding hydrogens is 284 g/mol. The van der Waals surface area contributed by atoms with Crippen LogP contribution in [0.3, 0.4) is 0 Å². The Morgan fingerprint density at radius 2 is 1.95 bits per heavy atom. The Kier molecular flexibility index (Phi) is 4.14. The van der Waals surface area contributed by atoms with Crippen LogP contribution in [-0.4, -0.2) is 24.8 Å². The van der Waals surface area contributed by atoms with Gasteiger partial charge in [0.25, 0.3) is 0 Å². The summed E-state index contributed by atoms with van der Waals surface area (Å²) < 4.78 is 26.6. The van der Waals surface area contributed by atoms with Crippen molar-refractivity contribution in [3.05, 3.63) is 29.3 Å². The zero-order valence-corrected chi connectivity index (χ0v) is 12.2. The smallest absolute Gasteiger partial charge is 0.207 e. The Hall–Kier alpha value is -1.09. The van der Waals surface area contributed by atoms with Gasteiger partial charge in [-0.25, -0.2) is 8.42 Å². The lowest BCUT2D eigenvalue weighted by Crippen LogP contribution is -2.48. The van der Waals surface area contributed by atoms with E-state index in [1.54, 1.807) is 12.1 Å². The topological polar surface area (TPSA) is 61.2 Å². The van der Waals surface area contributed by atoms with Crippen molar-refractivity contribution in [3.8, 4) is 6.07 Å². The number of nitriles is 1. The van der Waals surface area contributed by atoms with Crippen LogP contribution in [0.15, 0.2) is 29.2 Å². The van der Waals surface area contributed by atoms with Crippen LogP contribution in [0.2, 0.25) is 5.02 Å². The van der Waals surface area contributed by atoms with Gasteiger partial charge >= 0.3 is 0 Å². The summed E-state index contributed by atoms with van der Waals surface area (Å²) in [5.74, 6) is 0. The van der Waals surface area contributed by atoms with Crippen LogP contribution in [0.4, 0.5) is 0 Å². The fourth-order valence-electron chi connectivity index (χ4n) is 2.42. The third-order valence-corrected chi connectivity index (χ3v) is 5.67. The molecule has 1 heterocycles. The van der Waals surface area contributed by atoms with E-state index in [0.717, 1.165) is 12.8 Å². The Bertz CT molecular complexity index is 592. The molecule has 1 saturated heterocycles. The van der Waals surface area contributed by atoms with E-state index in [1.807, 2.05) is 6.92 Å². The van der Waals surface area contributed by atoms with Gasteiger partial charge in [-0.2, -0.15) is 9.57 Å². The van der Waals surface area contributed by atoms with Crippen molar-refractivity contribution >= 4 is 21.6 Å². The van der Waals surface area contributed by atoms with Gasteiger partial charge in [0.1, 0.15) is 6.04 Å². The first kappa shape index (κ1) is 14.3. The summed E-state index contributed by atoms with van der Waals surface area (Å²) in [5.41, 5.74) is 0. The first-order valence-electron chi connectivity index (χ1n) is 6.15. The molecule has 1 aliphatic heterocycles. The van der Waals surface area contributed by atoms with E-state index >= 15 is 0 Å². The molecule has 2 unspecified atom stereocenters. The number of sulfonamides is 1. The maximum atomic E-state index is 12.6.